The van der Waals surface area contributed by atoms with Crippen molar-refractivity contribution < 1.29 is 4.74 Å². The first-order valence-corrected chi connectivity index (χ1v) is 6.65. The van der Waals surface area contributed by atoms with Crippen molar-refractivity contribution >= 4 is 5.95 Å². The van der Waals surface area contributed by atoms with E-state index in [-0.39, 0.29) is 6.10 Å². The van der Waals surface area contributed by atoms with Crippen LogP contribution in [0.1, 0.15) is 25.6 Å². The summed E-state index contributed by atoms with van der Waals surface area (Å²) in [7, 11) is 2.13. The van der Waals surface area contributed by atoms with Gasteiger partial charge in [0.25, 0.3) is 0 Å². The van der Waals surface area contributed by atoms with Crippen LogP contribution in [0.5, 0.6) is 0 Å². The standard InChI is InChI=1S/C13H24N4O/c1-10(2)17-8-11(3)15-13(17)14-7-12-9-16(4)5-6-18-12/h8,10,12H,5-7,9H2,1-4H3,(H,14,15). The van der Waals surface area contributed by atoms with Gasteiger partial charge in [0.2, 0.25) is 5.95 Å². The van der Waals surface area contributed by atoms with Crippen molar-refractivity contribution in [2.24, 2.45) is 0 Å². The van der Waals surface area contributed by atoms with Gasteiger partial charge in [-0.1, -0.05) is 0 Å². The summed E-state index contributed by atoms with van der Waals surface area (Å²) in [6, 6.07) is 0.420. The van der Waals surface area contributed by atoms with Gasteiger partial charge in [-0.15, -0.1) is 0 Å². The molecular weight excluding hydrogens is 228 g/mol. The molecule has 2 heterocycles. The summed E-state index contributed by atoms with van der Waals surface area (Å²) >= 11 is 0. The Labute approximate surface area is 109 Å². The normalized spacial score (nSPS) is 21.5. The lowest BCUT2D eigenvalue weighted by Gasteiger charge is -2.30. The van der Waals surface area contributed by atoms with E-state index in [1.54, 1.807) is 0 Å². The predicted octanol–water partition coefficient (Wildman–Crippen LogP) is 1.51. The molecule has 5 nitrogen and oxygen atoms in total. The van der Waals surface area contributed by atoms with Crippen LogP contribution in [0.25, 0.3) is 0 Å². The fourth-order valence-corrected chi connectivity index (χ4v) is 2.24. The first-order valence-electron chi connectivity index (χ1n) is 6.65. The molecule has 102 valence electrons. The average Bonchev–Trinajstić information content (AvgIpc) is 2.68. The molecule has 1 fully saturated rings. The number of nitrogens with zero attached hydrogens (tertiary/aromatic N) is 3. The van der Waals surface area contributed by atoms with Crippen molar-refractivity contribution in [3.05, 3.63) is 11.9 Å². The number of aryl methyl sites for hydroxylation is 1. The Morgan fingerprint density at radius 1 is 1.56 bits per heavy atom. The van der Waals surface area contributed by atoms with Crippen molar-refractivity contribution in [1.82, 2.24) is 14.5 Å². The predicted molar refractivity (Wildman–Crippen MR) is 73.1 cm³/mol. The third-order valence-electron chi connectivity index (χ3n) is 3.24. The minimum atomic E-state index is 0.251. The van der Waals surface area contributed by atoms with Crippen LogP contribution in [-0.2, 0) is 4.74 Å². The molecule has 18 heavy (non-hydrogen) atoms. The van der Waals surface area contributed by atoms with E-state index >= 15 is 0 Å². The number of hydrogen-bond acceptors (Lipinski definition) is 4. The van der Waals surface area contributed by atoms with Crippen LogP contribution < -0.4 is 5.32 Å². The Morgan fingerprint density at radius 2 is 2.33 bits per heavy atom. The van der Waals surface area contributed by atoms with Crippen molar-refractivity contribution in [1.29, 1.82) is 0 Å². The van der Waals surface area contributed by atoms with Gasteiger partial charge >= 0.3 is 0 Å². The molecule has 1 atom stereocenters. The number of likely N-dealkylation sites (N-methyl/N-ethyl adjacent to an activating group) is 1. The highest BCUT2D eigenvalue weighted by Gasteiger charge is 2.18. The van der Waals surface area contributed by atoms with Gasteiger partial charge in [-0.05, 0) is 27.8 Å². The van der Waals surface area contributed by atoms with Crippen LogP contribution in [-0.4, -0.2) is 53.8 Å². The zero-order valence-corrected chi connectivity index (χ0v) is 11.8. The SMILES string of the molecule is Cc1cn(C(C)C)c(NCC2CN(C)CCO2)n1. The fourth-order valence-electron chi connectivity index (χ4n) is 2.24. The van der Waals surface area contributed by atoms with Crippen molar-refractivity contribution in [3.8, 4) is 0 Å². The van der Waals surface area contributed by atoms with Crippen LogP contribution in [0.4, 0.5) is 5.95 Å². The van der Waals surface area contributed by atoms with Gasteiger partial charge < -0.3 is 19.5 Å². The number of aromatic nitrogens is 2. The molecule has 0 amide bonds. The van der Waals surface area contributed by atoms with Crippen LogP contribution in [0.15, 0.2) is 6.20 Å². The minimum absolute atomic E-state index is 0.251. The third kappa shape index (κ3) is 3.23. The molecule has 5 heteroatoms. The molecule has 1 aliphatic heterocycles. The maximum Gasteiger partial charge on any atom is 0.203 e. The van der Waals surface area contributed by atoms with E-state index in [1.165, 1.54) is 0 Å². The molecule has 2 rings (SSSR count). The van der Waals surface area contributed by atoms with E-state index in [0.29, 0.717) is 6.04 Å². The summed E-state index contributed by atoms with van der Waals surface area (Å²) in [4.78, 5) is 6.82. The second-order valence-electron chi connectivity index (χ2n) is 5.34. The molecule has 1 aromatic heterocycles. The monoisotopic (exact) mass is 252 g/mol. The molecule has 1 N–H and O–H groups in total. The maximum atomic E-state index is 5.74. The number of hydrogen-bond donors (Lipinski definition) is 1. The zero-order valence-electron chi connectivity index (χ0n) is 11.8. The van der Waals surface area contributed by atoms with Gasteiger partial charge in [0.1, 0.15) is 0 Å². The van der Waals surface area contributed by atoms with Gasteiger partial charge in [0.05, 0.1) is 18.4 Å². The Bertz CT molecular complexity index is 388. The van der Waals surface area contributed by atoms with Crippen molar-refractivity contribution in [3.63, 3.8) is 0 Å². The molecule has 0 aliphatic carbocycles. The van der Waals surface area contributed by atoms with E-state index < -0.39 is 0 Å². The Balaban J connectivity index is 1.93. The highest BCUT2D eigenvalue weighted by molar-refractivity contribution is 5.29. The van der Waals surface area contributed by atoms with E-state index in [1.807, 2.05) is 6.92 Å². The highest BCUT2D eigenvalue weighted by Crippen LogP contribution is 2.15. The maximum absolute atomic E-state index is 5.74. The summed E-state index contributed by atoms with van der Waals surface area (Å²) in [6.45, 7) is 9.99. The van der Waals surface area contributed by atoms with E-state index in [0.717, 1.165) is 37.9 Å². The van der Waals surface area contributed by atoms with E-state index in [9.17, 15) is 0 Å². The Hall–Kier alpha value is -1.07. The molecule has 1 saturated heterocycles. The van der Waals surface area contributed by atoms with Gasteiger partial charge in [-0.2, -0.15) is 0 Å². The van der Waals surface area contributed by atoms with Crippen molar-refractivity contribution in [2.45, 2.75) is 32.9 Å². The second-order valence-corrected chi connectivity index (χ2v) is 5.34. The van der Waals surface area contributed by atoms with Crippen LogP contribution in [0, 0.1) is 6.92 Å². The molecule has 0 aromatic carbocycles. The van der Waals surface area contributed by atoms with E-state index in [2.05, 4.69) is 46.9 Å². The zero-order chi connectivity index (χ0) is 13.1. The lowest BCUT2D eigenvalue weighted by atomic mass is 10.3. The summed E-state index contributed by atoms with van der Waals surface area (Å²) in [6.07, 6.45) is 2.34. The number of imidazole rings is 1. The Kier molecular flexibility index (Phi) is 4.24. The number of morpholine rings is 1. The number of ether oxygens (including phenoxy) is 1. The van der Waals surface area contributed by atoms with Gasteiger partial charge in [0.15, 0.2) is 0 Å². The van der Waals surface area contributed by atoms with Gasteiger partial charge in [0, 0.05) is 31.9 Å². The minimum Gasteiger partial charge on any atom is -0.374 e. The van der Waals surface area contributed by atoms with Gasteiger partial charge in [-0.25, -0.2) is 4.98 Å². The molecule has 1 unspecified atom stereocenters. The molecule has 0 radical (unpaired) electrons. The molecule has 0 saturated carbocycles. The Morgan fingerprint density at radius 3 is 3.00 bits per heavy atom. The smallest absolute Gasteiger partial charge is 0.203 e. The number of rotatable bonds is 4. The first-order chi connectivity index (χ1) is 8.56. The highest BCUT2D eigenvalue weighted by atomic mass is 16.5. The first kappa shape index (κ1) is 13.4. The second kappa shape index (κ2) is 5.71. The fraction of sp³-hybridized carbons (Fsp3) is 0.769. The third-order valence-corrected chi connectivity index (χ3v) is 3.24. The van der Waals surface area contributed by atoms with Crippen LogP contribution >= 0.6 is 0 Å². The summed E-state index contributed by atoms with van der Waals surface area (Å²) < 4.78 is 7.90. The molecule has 0 spiro atoms. The lowest BCUT2D eigenvalue weighted by molar-refractivity contribution is -0.0118. The largest absolute Gasteiger partial charge is 0.374 e. The topological polar surface area (TPSA) is 42.3 Å². The number of nitrogens with one attached hydrogen (secondary N) is 1. The van der Waals surface area contributed by atoms with Crippen LogP contribution in [0.3, 0.4) is 0 Å². The summed E-state index contributed by atoms with van der Waals surface area (Å²) in [5, 5.41) is 3.41. The molecule has 0 bridgehead atoms. The summed E-state index contributed by atoms with van der Waals surface area (Å²) in [5.41, 5.74) is 1.05. The van der Waals surface area contributed by atoms with E-state index in [4.69, 9.17) is 4.74 Å². The molecule has 1 aliphatic rings. The molecular formula is C13H24N4O. The lowest BCUT2D eigenvalue weighted by Crippen LogP contribution is -2.43. The quantitative estimate of drug-likeness (QED) is 0.882. The summed E-state index contributed by atoms with van der Waals surface area (Å²) in [5.74, 6) is 0.944. The number of anilines is 1. The van der Waals surface area contributed by atoms with Crippen LogP contribution in [0.2, 0.25) is 0 Å². The average molecular weight is 252 g/mol. The van der Waals surface area contributed by atoms with Crippen molar-refractivity contribution in [2.75, 3.05) is 38.6 Å². The van der Waals surface area contributed by atoms with Gasteiger partial charge in [-0.3, -0.25) is 0 Å². The molecule has 1 aromatic rings.